The van der Waals surface area contributed by atoms with E-state index in [1.807, 2.05) is 0 Å². The van der Waals surface area contributed by atoms with Crippen molar-refractivity contribution in [2.45, 2.75) is 59.5 Å². The SMILES string of the molecule is CC(C)(C)C1CCN(C(C)(C)C)N1. The lowest BCUT2D eigenvalue weighted by molar-refractivity contribution is 0.0890. The zero-order valence-electron chi connectivity index (χ0n) is 9.94. The van der Waals surface area contributed by atoms with Crippen LogP contribution in [0.4, 0.5) is 0 Å². The van der Waals surface area contributed by atoms with E-state index in [1.165, 1.54) is 13.0 Å². The molecule has 1 rings (SSSR count). The summed E-state index contributed by atoms with van der Waals surface area (Å²) in [7, 11) is 0. The first-order chi connectivity index (χ1) is 5.71. The van der Waals surface area contributed by atoms with Gasteiger partial charge in [0.05, 0.1) is 0 Å². The molecule has 0 aromatic carbocycles. The Morgan fingerprint density at radius 3 is 1.85 bits per heavy atom. The largest absolute Gasteiger partial charge is 0.251 e. The number of hydrogen-bond acceptors (Lipinski definition) is 2. The van der Waals surface area contributed by atoms with Gasteiger partial charge in [-0.1, -0.05) is 20.8 Å². The highest BCUT2D eigenvalue weighted by molar-refractivity contribution is 4.88. The summed E-state index contributed by atoms with van der Waals surface area (Å²) in [5, 5.41) is 2.36. The summed E-state index contributed by atoms with van der Waals surface area (Å²) in [6.07, 6.45) is 1.26. The number of rotatable bonds is 0. The molecule has 1 atom stereocenters. The summed E-state index contributed by atoms with van der Waals surface area (Å²) in [5.74, 6) is 0. The van der Waals surface area contributed by atoms with Crippen molar-refractivity contribution in [3.63, 3.8) is 0 Å². The molecule has 78 valence electrons. The fourth-order valence-corrected chi connectivity index (χ4v) is 1.73. The fraction of sp³-hybridized carbons (Fsp3) is 1.00. The zero-order valence-corrected chi connectivity index (χ0v) is 9.94. The molecule has 2 nitrogen and oxygen atoms in total. The van der Waals surface area contributed by atoms with Crippen molar-refractivity contribution >= 4 is 0 Å². The standard InChI is InChI=1S/C11H24N2/c1-10(2,3)9-7-8-13(12-9)11(4,5)6/h9,12H,7-8H2,1-6H3. The molecule has 1 N–H and O–H groups in total. The lowest BCUT2D eigenvalue weighted by atomic mass is 9.86. The summed E-state index contributed by atoms with van der Waals surface area (Å²) in [6.45, 7) is 14.8. The van der Waals surface area contributed by atoms with Crippen LogP contribution < -0.4 is 5.43 Å². The second kappa shape index (κ2) is 3.25. The van der Waals surface area contributed by atoms with Gasteiger partial charge in [-0.15, -0.1) is 0 Å². The number of nitrogens with one attached hydrogen (secondary N) is 1. The van der Waals surface area contributed by atoms with Gasteiger partial charge >= 0.3 is 0 Å². The van der Waals surface area contributed by atoms with Crippen LogP contribution in [-0.2, 0) is 0 Å². The molecule has 1 fully saturated rings. The van der Waals surface area contributed by atoms with Gasteiger partial charge in [0.1, 0.15) is 0 Å². The van der Waals surface area contributed by atoms with Crippen molar-refractivity contribution < 1.29 is 0 Å². The van der Waals surface area contributed by atoms with E-state index >= 15 is 0 Å². The van der Waals surface area contributed by atoms with Gasteiger partial charge in [-0.05, 0) is 32.6 Å². The molecule has 13 heavy (non-hydrogen) atoms. The molecule has 1 unspecified atom stereocenters. The average molecular weight is 184 g/mol. The van der Waals surface area contributed by atoms with Crippen molar-refractivity contribution in [3.05, 3.63) is 0 Å². The molecule has 2 heteroatoms. The van der Waals surface area contributed by atoms with Gasteiger partial charge in [0.25, 0.3) is 0 Å². The van der Waals surface area contributed by atoms with Crippen LogP contribution in [0.15, 0.2) is 0 Å². The minimum Gasteiger partial charge on any atom is -0.251 e. The van der Waals surface area contributed by atoms with Crippen LogP contribution in [0.3, 0.4) is 0 Å². The van der Waals surface area contributed by atoms with Gasteiger partial charge in [-0.25, -0.2) is 5.01 Å². The molecular weight excluding hydrogens is 160 g/mol. The van der Waals surface area contributed by atoms with Gasteiger partial charge in [0.2, 0.25) is 0 Å². The molecule has 1 aliphatic heterocycles. The predicted molar refractivity (Wildman–Crippen MR) is 57.5 cm³/mol. The van der Waals surface area contributed by atoms with Gasteiger partial charge in [-0.2, -0.15) is 0 Å². The Balaban J connectivity index is 2.55. The van der Waals surface area contributed by atoms with Crippen LogP contribution in [0.25, 0.3) is 0 Å². The van der Waals surface area contributed by atoms with Gasteiger partial charge in [0, 0.05) is 18.1 Å². The van der Waals surface area contributed by atoms with E-state index in [2.05, 4.69) is 52.0 Å². The van der Waals surface area contributed by atoms with E-state index in [1.54, 1.807) is 0 Å². The maximum atomic E-state index is 3.60. The quantitative estimate of drug-likeness (QED) is 0.622. The Morgan fingerprint density at radius 2 is 1.62 bits per heavy atom. The smallest absolute Gasteiger partial charge is 0.0276 e. The molecule has 1 saturated heterocycles. The first kappa shape index (κ1) is 11.0. The van der Waals surface area contributed by atoms with Crippen LogP contribution in [-0.4, -0.2) is 23.1 Å². The molecule has 1 aliphatic rings. The van der Waals surface area contributed by atoms with Crippen LogP contribution in [0.2, 0.25) is 0 Å². The minimum absolute atomic E-state index is 0.250. The van der Waals surface area contributed by atoms with E-state index in [9.17, 15) is 0 Å². The number of hydrogen-bond donors (Lipinski definition) is 1. The Morgan fingerprint density at radius 1 is 1.08 bits per heavy atom. The second-order valence-corrected chi connectivity index (χ2v) is 6.16. The van der Waals surface area contributed by atoms with Crippen molar-refractivity contribution in [3.8, 4) is 0 Å². The topological polar surface area (TPSA) is 15.3 Å². The lowest BCUT2D eigenvalue weighted by Gasteiger charge is -2.34. The van der Waals surface area contributed by atoms with Crippen LogP contribution in [0, 0.1) is 5.41 Å². The van der Waals surface area contributed by atoms with E-state index in [-0.39, 0.29) is 5.54 Å². The fourth-order valence-electron chi connectivity index (χ4n) is 1.73. The maximum Gasteiger partial charge on any atom is 0.0276 e. The molecule has 0 radical (unpaired) electrons. The molecular formula is C11H24N2. The maximum absolute atomic E-state index is 3.60. The molecule has 0 aliphatic carbocycles. The van der Waals surface area contributed by atoms with Gasteiger partial charge < -0.3 is 0 Å². The molecule has 0 aromatic rings. The summed E-state index contributed by atoms with van der Waals surface area (Å²) in [5.41, 5.74) is 4.23. The third kappa shape index (κ3) is 2.68. The third-order valence-electron chi connectivity index (χ3n) is 2.81. The first-order valence-electron chi connectivity index (χ1n) is 5.25. The van der Waals surface area contributed by atoms with Crippen molar-refractivity contribution in [2.24, 2.45) is 5.41 Å². The van der Waals surface area contributed by atoms with Gasteiger partial charge in [0.15, 0.2) is 0 Å². The van der Waals surface area contributed by atoms with Gasteiger partial charge in [-0.3, -0.25) is 5.43 Å². The Hall–Kier alpha value is -0.0800. The lowest BCUT2D eigenvalue weighted by Crippen LogP contribution is -2.50. The van der Waals surface area contributed by atoms with Crippen LogP contribution >= 0.6 is 0 Å². The van der Waals surface area contributed by atoms with Crippen LogP contribution in [0.1, 0.15) is 48.0 Å². The Bertz CT molecular complexity index is 154. The molecule has 0 spiro atoms. The number of hydrazine groups is 1. The van der Waals surface area contributed by atoms with E-state index in [0.717, 1.165) is 0 Å². The number of nitrogens with zero attached hydrogens (tertiary/aromatic N) is 1. The monoisotopic (exact) mass is 184 g/mol. The molecule has 0 amide bonds. The summed E-state index contributed by atoms with van der Waals surface area (Å²) in [4.78, 5) is 0. The van der Waals surface area contributed by atoms with Crippen LogP contribution in [0.5, 0.6) is 0 Å². The highest BCUT2D eigenvalue weighted by Gasteiger charge is 2.35. The van der Waals surface area contributed by atoms with E-state index in [0.29, 0.717) is 11.5 Å². The second-order valence-electron chi connectivity index (χ2n) is 6.16. The highest BCUT2D eigenvalue weighted by atomic mass is 15.6. The summed E-state index contributed by atoms with van der Waals surface area (Å²) < 4.78 is 0. The molecule has 0 saturated carbocycles. The third-order valence-corrected chi connectivity index (χ3v) is 2.81. The zero-order chi connectivity index (χ0) is 10.3. The molecule has 0 bridgehead atoms. The first-order valence-corrected chi connectivity index (χ1v) is 5.25. The summed E-state index contributed by atoms with van der Waals surface area (Å²) >= 11 is 0. The van der Waals surface area contributed by atoms with Crippen molar-refractivity contribution in [1.82, 2.24) is 10.4 Å². The van der Waals surface area contributed by atoms with Crippen molar-refractivity contribution in [2.75, 3.05) is 6.54 Å². The average Bonchev–Trinajstić information content (AvgIpc) is 2.28. The van der Waals surface area contributed by atoms with E-state index in [4.69, 9.17) is 0 Å². The minimum atomic E-state index is 0.250. The highest BCUT2D eigenvalue weighted by Crippen LogP contribution is 2.28. The summed E-state index contributed by atoms with van der Waals surface area (Å²) in [6, 6.07) is 0.631. The predicted octanol–water partition coefficient (Wildman–Crippen LogP) is 2.41. The normalized spacial score (nSPS) is 26.8. The molecule has 1 heterocycles. The molecule has 0 aromatic heterocycles. The van der Waals surface area contributed by atoms with Crippen molar-refractivity contribution in [1.29, 1.82) is 0 Å². The Labute approximate surface area is 82.7 Å². The Kier molecular flexibility index (Phi) is 2.75. The van der Waals surface area contributed by atoms with E-state index < -0.39 is 0 Å².